The number of benzene rings is 1. The second-order valence-corrected chi connectivity index (χ2v) is 4.26. The minimum absolute atomic E-state index is 0.0215. The maximum atomic E-state index is 13.0. The lowest BCUT2D eigenvalue weighted by molar-refractivity contribution is 0.447. The van der Waals surface area contributed by atoms with E-state index in [1.807, 2.05) is 0 Å². The second-order valence-electron chi connectivity index (χ2n) is 3.18. The van der Waals surface area contributed by atoms with Gasteiger partial charge in [-0.25, -0.2) is 8.78 Å². The van der Waals surface area contributed by atoms with E-state index in [0.717, 1.165) is 12.1 Å². The molecule has 0 aliphatic heterocycles. The third-order valence-corrected chi connectivity index (χ3v) is 3.01. The van der Waals surface area contributed by atoms with E-state index in [1.54, 1.807) is 22.6 Å². The average Bonchev–Trinajstić information content (AvgIpc) is 2.29. The zero-order valence-electron chi connectivity index (χ0n) is 8.17. The van der Waals surface area contributed by atoms with Crippen molar-refractivity contribution >= 4 is 22.6 Å². The zero-order valence-corrected chi connectivity index (χ0v) is 10.3. The number of hydrogen-bond acceptors (Lipinski definition) is 3. The van der Waals surface area contributed by atoms with Gasteiger partial charge in [0.2, 0.25) is 5.88 Å². The Kier molecular flexibility index (Phi) is 3.09. The van der Waals surface area contributed by atoms with Crippen LogP contribution in [0.1, 0.15) is 0 Å². The fraction of sp³-hybridized carbons (Fsp3) is 0. The van der Waals surface area contributed by atoms with E-state index in [9.17, 15) is 18.7 Å². The molecular formula is C10H5F2IN2O2. The minimum atomic E-state index is -1.05. The van der Waals surface area contributed by atoms with Crippen LogP contribution in [0.4, 0.5) is 8.78 Å². The molecular weight excluding hydrogens is 345 g/mol. The van der Waals surface area contributed by atoms with Crippen LogP contribution in [-0.2, 0) is 0 Å². The van der Waals surface area contributed by atoms with Crippen molar-refractivity contribution in [3.8, 4) is 17.3 Å². The number of aromatic hydroxyl groups is 1. The fourth-order valence-electron chi connectivity index (χ4n) is 1.23. The molecule has 0 spiro atoms. The topological polar surface area (TPSA) is 66.0 Å². The molecule has 2 aromatic rings. The van der Waals surface area contributed by atoms with Crippen molar-refractivity contribution < 1.29 is 13.9 Å². The number of nitrogens with one attached hydrogen (secondary N) is 1. The van der Waals surface area contributed by atoms with Crippen LogP contribution in [0.2, 0.25) is 0 Å². The van der Waals surface area contributed by atoms with Crippen molar-refractivity contribution in [2.24, 2.45) is 0 Å². The Morgan fingerprint density at radius 2 is 2.00 bits per heavy atom. The molecule has 1 aromatic heterocycles. The molecule has 0 saturated heterocycles. The Bertz CT molecular complexity index is 643. The Morgan fingerprint density at radius 3 is 2.59 bits per heavy atom. The summed E-state index contributed by atoms with van der Waals surface area (Å²) >= 11 is 1.63. The summed E-state index contributed by atoms with van der Waals surface area (Å²) < 4.78 is 25.7. The van der Waals surface area contributed by atoms with Gasteiger partial charge < -0.3 is 10.1 Å². The maximum absolute atomic E-state index is 13.0. The molecule has 0 saturated carbocycles. The van der Waals surface area contributed by atoms with Gasteiger partial charge >= 0.3 is 0 Å². The Balaban J connectivity index is 2.61. The van der Waals surface area contributed by atoms with Crippen molar-refractivity contribution in [3.63, 3.8) is 0 Å². The Hall–Kier alpha value is -1.51. The molecule has 0 amide bonds. The van der Waals surface area contributed by atoms with Gasteiger partial charge in [0.05, 0.1) is 0 Å². The van der Waals surface area contributed by atoms with Crippen LogP contribution < -0.4 is 5.56 Å². The second kappa shape index (κ2) is 4.40. The predicted molar refractivity (Wildman–Crippen MR) is 64.6 cm³/mol. The monoisotopic (exact) mass is 350 g/mol. The van der Waals surface area contributed by atoms with Crippen molar-refractivity contribution in [2.75, 3.05) is 0 Å². The number of H-pyrrole nitrogens is 1. The molecule has 0 bridgehead atoms. The van der Waals surface area contributed by atoms with Crippen LogP contribution in [0.3, 0.4) is 0 Å². The molecule has 4 nitrogen and oxygen atoms in total. The molecule has 2 N–H and O–H groups in total. The third kappa shape index (κ3) is 2.28. The number of aromatic nitrogens is 2. The first kappa shape index (κ1) is 12.0. The van der Waals surface area contributed by atoms with Crippen LogP contribution in [0.25, 0.3) is 11.4 Å². The highest BCUT2D eigenvalue weighted by Gasteiger charge is 2.11. The van der Waals surface area contributed by atoms with E-state index in [2.05, 4.69) is 9.97 Å². The molecule has 0 fully saturated rings. The van der Waals surface area contributed by atoms with Crippen molar-refractivity contribution in [1.29, 1.82) is 0 Å². The molecule has 88 valence electrons. The van der Waals surface area contributed by atoms with Crippen molar-refractivity contribution in [1.82, 2.24) is 9.97 Å². The van der Waals surface area contributed by atoms with Crippen LogP contribution in [0, 0.1) is 15.2 Å². The smallest absolute Gasteiger partial charge is 0.268 e. The first-order valence-electron chi connectivity index (χ1n) is 4.43. The number of rotatable bonds is 1. The van der Waals surface area contributed by atoms with Crippen molar-refractivity contribution in [2.45, 2.75) is 0 Å². The van der Waals surface area contributed by atoms with Gasteiger partial charge in [0.1, 0.15) is 9.39 Å². The molecule has 1 aromatic carbocycles. The van der Waals surface area contributed by atoms with Gasteiger partial charge in [-0.15, -0.1) is 0 Å². The highest BCUT2D eigenvalue weighted by atomic mass is 127. The molecule has 0 aliphatic rings. The zero-order chi connectivity index (χ0) is 12.6. The van der Waals surface area contributed by atoms with Crippen LogP contribution in [0.5, 0.6) is 5.88 Å². The lowest BCUT2D eigenvalue weighted by Crippen LogP contribution is -2.12. The average molecular weight is 350 g/mol. The summed E-state index contributed by atoms with van der Waals surface area (Å²) in [5.41, 5.74) is -0.370. The van der Waals surface area contributed by atoms with Gasteiger partial charge in [0, 0.05) is 5.56 Å². The summed E-state index contributed by atoms with van der Waals surface area (Å²) in [4.78, 5) is 17.4. The number of aromatic amines is 1. The van der Waals surface area contributed by atoms with Gasteiger partial charge in [-0.1, -0.05) is 0 Å². The number of nitrogens with zero attached hydrogens (tertiary/aromatic N) is 1. The van der Waals surface area contributed by atoms with Gasteiger partial charge in [0.25, 0.3) is 5.56 Å². The molecule has 0 atom stereocenters. The largest absolute Gasteiger partial charge is 0.492 e. The molecule has 0 radical (unpaired) electrons. The summed E-state index contributed by atoms with van der Waals surface area (Å²) in [5.74, 6) is -2.52. The third-order valence-electron chi connectivity index (χ3n) is 2.04. The predicted octanol–water partition coefficient (Wildman–Crippen LogP) is 2.03. The lowest BCUT2D eigenvalue weighted by Gasteiger charge is -2.03. The highest BCUT2D eigenvalue weighted by Crippen LogP contribution is 2.20. The molecule has 1 heterocycles. The quantitative estimate of drug-likeness (QED) is 0.774. The minimum Gasteiger partial charge on any atom is -0.492 e. The summed E-state index contributed by atoms with van der Waals surface area (Å²) in [6.07, 6.45) is 0. The molecule has 17 heavy (non-hydrogen) atoms. The maximum Gasteiger partial charge on any atom is 0.268 e. The van der Waals surface area contributed by atoms with Crippen molar-refractivity contribution in [3.05, 3.63) is 43.8 Å². The number of halogens is 3. The number of hydrogen-bond donors (Lipinski definition) is 2. The SMILES string of the molecule is O=c1[nH]c(-c2ccc(F)c(F)c2)nc(O)c1I. The van der Waals surface area contributed by atoms with E-state index < -0.39 is 23.1 Å². The summed E-state index contributed by atoms with van der Waals surface area (Å²) in [5, 5.41) is 9.36. The molecule has 0 aliphatic carbocycles. The van der Waals surface area contributed by atoms with Crippen LogP contribution >= 0.6 is 22.6 Å². The fourth-order valence-corrected chi connectivity index (χ4v) is 1.48. The first-order chi connectivity index (χ1) is 7.99. The first-order valence-corrected chi connectivity index (χ1v) is 5.51. The van der Waals surface area contributed by atoms with E-state index in [0.29, 0.717) is 0 Å². The van der Waals surface area contributed by atoms with Gasteiger partial charge in [-0.05, 0) is 40.8 Å². The Labute approximate surface area is 107 Å². The molecule has 7 heteroatoms. The van der Waals surface area contributed by atoms with E-state index in [-0.39, 0.29) is 15.0 Å². The normalized spacial score (nSPS) is 10.5. The summed E-state index contributed by atoms with van der Waals surface area (Å²) in [6, 6.07) is 3.06. The summed E-state index contributed by atoms with van der Waals surface area (Å²) in [6.45, 7) is 0. The van der Waals surface area contributed by atoms with Gasteiger partial charge in [-0.2, -0.15) is 4.98 Å². The van der Waals surface area contributed by atoms with Gasteiger partial charge in [-0.3, -0.25) is 4.79 Å². The molecule has 2 rings (SSSR count). The standard InChI is InChI=1S/C10H5F2IN2O2/c11-5-2-1-4(3-6(5)12)8-14-9(16)7(13)10(17)15-8/h1-3H,(H2,14,15,16,17). The van der Waals surface area contributed by atoms with E-state index in [4.69, 9.17) is 0 Å². The van der Waals surface area contributed by atoms with Crippen LogP contribution in [-0.4, -0.2) is 15.1 Å². The lowest BCUT2D eigenvalue weighted by atomic mass is 10.2. The molecule has 0 unspecified atom stereocenters. The highest BCUT2D eigenvalue weighted by molar-refractivity contribution is 14.1. The van der Waals surface area contributed by atoms with E-state index in [1.165, 1.54) is 6.07 Å². The Morgan fingerprint density at radius 1 is 1.29 bits per heavy atom. The van der Waals surface area contributed by atoms with Crippen LogP contribution in [0.15, 0.2) is 23.0 Å². The summed E-state index contributed by atoms with van der Waals surface area (Å²) in [7, 11) is 0. The van der Waals surface area contributed by atoms with E-state index >= 15 is 0 Å². The van der Waals surface area contributed by atoms with Gasteiger partial charge in [0.15, 0.2) is 11.6 Å².